The van der Waals surface area contributed by atoms with Crippen LogP contribution in [0.25, 0.3) is 11.6 Å². The predicted molar refractivity (Wildman–Crippen MR) is 101 cm³/mol. The molecule has 2 N–H and O–H groups in total. The molecule has 27 heavy (non-hydrogen) atoms. The fourth-order valence-electron chi connectivity index (χ4n) is 2.36. The minimum absolute atomic E-state index is 0.409. The standard InChI is InChI=1S/C18H19N5O3S/c1-12(16(24)20-17(25)19-2)27-18-22-21-15(14-9-6-10-26-14)23(18)11-13-7-4-3-5-8-13/h3-10,12H,11H2,1-2H3,(H2,19,20,24,25)/t12-/m0/s1. The van der Waals surface area contributed by atoms with Gasteiger partial charge in [-0.15, -0.1) is 10.2 Å². The van der Waals surface area contributed by atoms with Crippen LogP contribution in [0.1, 0.15) is 12.5 Å². The van der Waals surface area contributed by atoms with Crippen LogP contribution < -0.4 is 10.6 Å². The average molecular weight is 385 g/mol. The molecule has 1 atom stereocenters. The molecule has 1 aromatic carbocycles. The number of carbonyl (C=O) groups excluding carboxylic acids is 2. The minimum Gasteiger partial charge on any atom is -0.461 e. The Morgan fingerprint density at radius 3 is 2.63 bits per heavy atom. The largest absolute Gasteiger partial charge is 0.461 e. The van der Waals surface area contributed by atoms with Gasteiger partial charge in [0.15, 0.2) is 10.9 Å². The highest BCUT2D eigenvalue weighted by Gasteiger charge is 2.22. The molecule has 3 amide bonds. The van der Waals surface area contributed by atoms with Crippen LogP contribution in [0.3, 0.4) is 0 Å². The quantitative estimate of drug-likeness (QED) is 0.632. The van der Waals surface area contributed by atoms with E-state index in [4.69, 9.17) is 4.42 Å². The summed E-state index contributed by atoms with van der Waals surface area (Å²) in [5.74, 6) is 0.756. The fraction of sp³-hybridized carbons (Fsp3) is 0.222. The third-order valence-corrected chi connectivity index (χ3v) is 4.84. The van der Waals surface area contributed by atoms with Crippen LogP contribution in [0.5, 0.6) is 0 Å². The monoisotopic (exact) mass is 385 g/mol. The number of carbonyl (C=O) groups is 2. The van der Waals surface area contributed by atoms with Gasteiger partial charge in [0, 0.05) is 7.05 Å². The molecule has 0 aliphatic rings. The second-order valence-corrected chi connectivity index (χ2v) is 6.99. The molecule has 0 aliphatic carbocycles. The Kier molecular flexibility index (Phi) is 5.92. The maximum Gasteiger partial charge on any atom is 0.321 e. The molecule has 0 spiro atoms. The lowest BCUT2D eigenvalue weighted by Crippen LogP contribution is -2.41. The van der Waals surface area contributed by atoms with E-state index < -0.39 is 17.2 Å². The van der Waals surface area contributed by atoms with E-state index in [1.54, 1.807) is 19.3 Å². The maximum atomic E-state index is 12.2. The zero-order chi connectivity index (χ0) is 19.2. The number of thioether (sulfide) groups is 1. The molecule has 2 heterocycles. The summed E-state index contributed by atoms with van der Waals surface area (Å²) in [5, 5.41) is 13.1. The second kappa shape index (κ2) is 8.54. The summed E-state index contributed by atoms with van der Waals surface area (Å²) in [4.78, 5) is 23.5. The number of hydrogen-bond acceptors (Lipinski definition) is 6. The highest BCUT2D eigenvalue weighted by Crippen LogP contribution is 2.28. The van der Waals surface area contributed by atoms with E-state index >= 15 is 0 Å². The first-order valence-corrected chi connectivity index (χ1v) is 9.16. The summed E-state index contributed by atoms with van der Waals surface area (Å²) in [5.41, 5.74) is 1.06. The molecular weight excluding hydrogens is 366 g/mol. The van der Waals surface area contributed by atoms with Crippen molar-refractivity contribution in [2.45, 2.75) is 23.9 Å². The van der Waals surface area contributed by atoms with Crippen LogP contribution in [0.2, 0.25) is 0 Å². The van der Waals surface area contributed by atoms with Crippen molar-refractivity contribution >= 4 is 23.7 Å². The van der Waals surface area contributed by atoms with Gasteiger partial charge in [0.05, 0.1) is 18.1 Å². The van der Waals surface area contributed by atoms with Gasteiger partial charge in [0.2, 0.25) is 11.7 Å². The van der Waals surface area contributed by atoms with Gasteiger partial charge in [-0.1, -0.05) is 42.1 Å². The average Bonchev–Trinajstić information content (AvgIpc) is 3.33. The van der Waals surface area contributed by atoms with Crippen LogP contribution in [-0.4, -0.2) is 39.0 Å². The Morgan fingerprint density at radius 2 is 1.96 bits per heavy atom. The highest BCUT2D eigenvalue weighted by atomic mass is 32.2. The smallest absolute Gasteiger partial charge is 0.321 e. The van der Waals surface area contributed by atoms with Crippen LogP contribution in [0, 0.1) is 0 Å². The number of imide groups is 1. The van der Waals surface area contributed by atoms with Gasteiger partial charge in [0.25, 0.3) is 0 Å². The number of hydrogen-bond donors (Lipinski definition) is 2. The first-order valence-electron chi connectivity index (χ1n) is 8.28. The van der Waals surface area contributed by atoms with Crippen LogP contribution >= 0.6 is 11.8 Å². The molecule has 8 nitrogen and oxygen atoms in total. The summed E-state index contributed by atoms with van der Waals surface area (Å²) in [6.45, 7) is 2.23. The summed E-state index contributed by atoms with van der Waals surface area (Å²) in [7, 11) is 1.45. The third-order valence-electron chi connectivity index (χ3n) is 3.76. The molecule has 0 bridgehead atoms. The van der Waals surface area contributed by atoms with Crippen LogP contribution in [0.4, 0.5) is 4.79 Å². The Morgan fingerprint density at radius 1 is 1.19 bits per heavy atom. The Bertz CT molecular complexity index is 908. The first kappa shape index (κ1) is 18.7. The number of nitrogens with one attached hydrogen (secondary N) is 2. The third kappa shape index (κ3) is 4.56. The minimum atomic E-state index is -0.547. The molecule has 0 radical (unpaired) electrons. The summed E-state index contributed by atoms with van der Waals surface area (Å²) in [6, 6.07) is 12.9. The number of benzene rings is 1. The molecule has 2 aromatic heterocycles. The van der Waals surface area contributed by atoms with E-state index in [1.807, 2.05) is 41.0 Å². The topological polar surface area (TPSA) is 102 Å². The summed E-state index contributed by atoms with van der Waals surface area (Å²) >= 11 is 1.22. The van der Waals surface area contributed by atoms with E-state index in [9.17, 15) is 9.59 Å². The molecular formula is C18H19N5O3S. The van der Waals surface area contributed by atoms with E-state index in [0.29, 0.717) is 23.3 Å². The number of furan rings is 1. The Balaban J connectivity index is 1.86. The van der Waals surface area contributed by atoms with E-state index in [-0.39, 0.29) is 0 Å². The van der Waals surface area contributed by atoms with Crippen molar-refractivity contribution in [1.82, 2.24) is 25.4 Å². The molecule has 0 aliphatic heterocycles. The van der Waals surface area contributed by atoms with Crippen molar-refractivity contribution in [2.24, 2.45) is 0 Å². The van der Waals surface area contributed by atoms with Gasteiger partial charge in [-0.3, -0.25) is 14.7 Å². The number of urea groups is 1. The van der Waals surface area contributed by atoms with Crippen molar-refractivity contribution in [3.63, 3.8) is 0 Å². The second-order valence-electron chi connectivity index (χ2n) is 5.68. The predicted octanol–water partition coefficient (Wildman–Crippen LogP) is 2.52. The molecule has 140 valence electrons. The number of amides is 3. The van der Waals surface area contributed by atoms with Crippen molar-refractivity contribution in [2.75, 3.05) is 7.05 Å². The molecule has 0 saturated heterocycles. The fourth-order valence-corrected chi connectivity index (χ4v) is 3.21. The maximum absolute atomic E-state index is 12.2. The van der Waals surface area contributed by atoms with Crippen LogP contribution in [0.15, 0.2) is 58.3 Å². The van der Waals surface area contributed by atoms with Crippen molar-refractivity contribution in [1.29, 1.82) is 0 Å². The van der Waals surface area contributed by atoms with Gasteiger partial charge >= 0.3 is 6.03 Å². The normalized spacial score (nSPS) is 11.8. The summed E-state index contributed by atoms with van der Waals surface area (Å²) < 4.78 is 7.36. The lowest BCUT2D eigenvalue weighted by Gasteiger charge is -2.13. The van der Waals surface area contributed by atoms with Crippen molar-refractivity contribution in [3.8, 4) is 11.6 Å². The molecule has 0 fully saturated rings. The molecule has 9 heteroatoms. The zero-order valence-corrected chi connectivity index (χ0v) is 15.7. The molecule has 0 saturated carbocycles. The Labute approximate surface area is 160 Å². The number of nitrogens with zero attached hydrogens (tertiary/aromatic N) is 3. The van der Waals surface area contributed by atoms with Crippen molar-refractivity contribution < 1.29 is 14.0 Å². The van der Waals surface area contributed by atoms with Gasteiger partial charge in [-0.05, 0) is 24.6 Å². The van der Waals surface area contributed by atoms with E-state index in [2.05, 4.69) is 20.8 Å². The summed E-state index contributed by atoms with van der Waals surface area (Å²) in [6.07, 6.45) is 1.57. The van der Waals surface area contributed by atoms with E-state index in [0.717, 1.165) is 5.56 Å². The van der Waals surface area contributed by atoms with Gasteiger partial charge in [-0.2, -0.15) is 0 Å². The zero-order valence-electron chi connectivity index (χ0n) is 14.9. The van der Waals surface area contributed by atoms with E-state index in [1.165, 1.54) is 18.8 Å². The number of rotatable bonds is 6. The number of aromatic nitrogens is 3. The molecule has 3 rings (SSSR count). The molecule has 0 unspecified atom stereocenters. The SMILES string of the molecule is CNC(=O)NC(=O)[C@H](C)Sc1nnc(-c2ccco2)n1Cc1ccccc1. The molecule has 3 aromatic rings. The first-order chi connectivity index (χ1) is 13.1. The van der Waals surface area contributed by atoms with Crippen LogP contribution in [-0.2, 0) is 11.3 Å². The Hall–Kier alpha value is -3.07. The highest BCUT2D eigenvalue weighted by molar-refractivity contribution is 8.00. The lowest BCUT2D eigenvalue weighted by atomic mass is 10.2. The van der Waals surface area contributed by atoms with Gasteiger partial charge in [0.1, 0.15) is 0 Å². The lowest BCUT2D eigenvalue weighted by molar-refractivity contribution is -0.119. The van der Waals surface area contributed by atoms with Gasteiger partial charge in [-0.25, -0.2) is 4.79 Å². The van der Waals surface area contributed by atoms with Gasteiger partial charge < -0.3 is 9.73 Å². The van der Waals surface area contributed by atoms with Crippen molar-refractivity contribution in [3.05, 3.63) is 54.3 Å².